The number of ether oxygens (including phenoxy) is 1. The number of nitrogen functional groups attached to an aromatic ring is 1. The molecule has 1 heterocycles. The summed E-state index contributed by atoms with van der Waals surface area (Å²) < 4.78 is 5.43. The fraction of sp³-hybridized carbons (Fsp3) is 0.133. The Morgan fingerprint density at radius 1 is 1.06 bits per heavy atom. The topological polar surface area (TPSA) is 52.3 Å². The molecular formula is C15H13NO2. The highest BCUT2D eigenvalue weighted by atomic mass is 16.5. The number of hydrogen-bond acceptors (Lipinski definition) is 3. The number of anilines is 1. The number of benzene rings is 2. The second-order valence-corrected chi connectivity index (χ2v) is 4.37. The van der Waals surface area contributed by atoms with E-state index < -0.39 is 0 Å². The molecule has 3 nitrogen and oxygen atoms in total. The van der Waals surface area contributed by atoms with E-state index in [-0.39, 0.29) is 5.78 Å². The lowest BCUT2D eigenvalue weighted by atomic mass is 10.0. The molecule has 0 amide bonds. The third-order valence-electron chi connectivity index (χ3n) is 3.12. The van der Waals surface area contributed by atoms with E-state index in [1.807, 2.05) is 18.2 Å². The van der Waals surface area contributed by atoms with Gasteiger partial charge in [0.1, 0.15) is 5.75 Å². The van der Waals surface area contributed by atoms with Crippen LogP contribution in [0.4, 0.5) is 5.69 Å². The molecule has 0 saturated carbocycles. The number of hydrogen-bond donors (Lipinski definition) is 1. The second-order valence-electron chi connectivity index (χ2n) is 4.37. The normalized spacial score (nSPS) is 12.9. The van der Waals surface area contributed by atoms with Crippen LogP contribution < -0.4 is 10.5 Å². The molecule has 3 heteroatoms. The fourth-order valence-corrected chi connectivity index (χ4v) is 2.13. The van der Waals surface area contributed by atoms with Gasteiger partial charge in [0.25, 0.3) is 0 Å². The zero-order valence-electron chi connectivity index (χ0n) is 9.85. The molecule has 0 bridgehead atoms. The van der Waals surface area contributed by atoms with Gasteiger partial charge in [0.15, 0.2) is 5.78 Å². The van der Waals surface area contributed by atoms with E-state index in [2.05, 4.69) is 0 Å². The molecule has 0 atom stereocenters. The number of fused-ring (bicyclic) bond motifs is 1. The number of carbonyl (C=O) groups excluding carboxylic acids is 1. The zero-order valence-corrected chi connectivity index (χ0v) is 9.85. The van der Waals surface area contributed by atoms with Crippen molar-refractivity contribution >= 4 is 11.5 Å². The molecule has 0 spiro atoms. The number of carbonyl (C=O) groups is 1. The molecule has 1 aliphatic heterocycles. The van der Waals surface area contributed by atoms with Crippen LogP contribution in [0.25, 0.3) is 0 Å². The fourth-order valence-electron chi connectivity index (χ4n) is 2.13. The van der Waals surface area contributed by atoms with Gasteiger partial charge in [-0.05, 0) is 48.0 Å². The molecule has 2 aromatic rings. The third kappa shape index (κ3) is 1.84. The number of rotatable bonds is 2. The van der Waals surface area contributed by atoms with Crippen LogP contribution >= 0.6 is 0 Å². The molecule has 1 aliphatic rings. The van der Waals surface area contributed by atoms with Crippen molar-refractivity contribution in [1.82, 2.24) is 0 Å². The molecule has 2 aromatic carbocycles. The first-order valence-corrected chi connectivity index (χ1v) is 5.90. The van der Waals surface area contributed by atoms with Gasteiger partial charge < -0.3 is 10.5 Å². The molecule has 0 fully saturated rings. The van der Waals surface area contributed by atoms with Gasteiger partial charge in [0, 0.05) is 23.2 Å². The zero-order chi connectivity index (χ0) is 12.5. The Morgan fingerprint density at radius 3 is 2.56 bits per heavy atom. The average Bonchev–Trinajstić information content (AvgIpc) is 2.86. The van der Waals surface area contributed by atoms with Gasteiger partial charge in [-0.25, -0.2) is 0 Å². The highest BCUT2D eigenvalue weighted by molar-refractivity contribution is 6.09. The van der Waals surface area contributed by atoms with Crippen LogP contribution in [0.5, 0.6) is 5.75 Å². The van der Waals surface area contributed by atoms with Crippen LogP contribution in [0.2, 0.25) is 0 Å². The minimum absolute atomic E-state index is 0.0182. The first kappa shape index (κ1) is 10.8. The minimum atomic E-state index is 0.0182. The van der Waals surface area contributed by atoms with Crippen LogP contribution in [-0.2, 0) is 6.42 Å². The molecule has 0 saturated heterocycles. The van der Waals surface area contributed by atoms with Crippen LogP contribution in [0, 0.1) is 0 Å². The maximum Gasteiger partial charge on any atom is 0.193 e. The highest BCUT2D eigenvalue weighted by Crippen LogP contribution is 2.26. The summed E-state index contributed by atoms with van der Waals surface area (Å²) in [6, 6.07) is 12.6. The lowest BCUT2D eigenvalue weighted by molar-refractivity contribution is 0.103. The van der Waals surface area contributed by atoms with Gasteiger partial charge in [-0.1, -0.05) is 0 Å². The van der Waals surface area contributed by atoms with E-state index in [1.165, 1.54) is 0 Å². The van der Waals surface area contributed by atoms with Gasteiger partial charge in [-0.15, -0.1) is 0 Å². The SMILES string of the molecule is Nc1ccc(C(=O)c2ccc3c(c2)CCO3)cc1. The highest BCUT2D eigenvalue weighted by Gasteiger charge is 2.15. The van der Waals surface area contributed by atoms with Crippen molar-refractivity contribution in [1.29, 1.82) is 0 Å². The minimum Gasteiger partial charge on any atom is -0.493 e. The number of nitrogens with two attached hydrogens (primary N) is 1. The van der Waals surface area contributed by atoms with Gasteiger partial charge in [-0.3, -0.25) is 4.79 Å². The van der Waals surface area contributed by atoms with Crippen molar-refractivity contribution in [2.45, 2.75) is 6.42 Å². The van der Waals surface area contributed by atoms with Crippen molar-refractivity contribution in [3.05, 3.63) is 59.2 Å². The van der Waals surface area contributed by atoms with Crippen molar-refractivity contribution in [2.75, 3.05) is 12.3 Å². The van der Waals surface area contributed by atoms with Gasteiger partial charge in [0.05, 0.1) is 6.61 Å². The first-order valence-electron chi connectivity index (χ1n) is 5.90. The van der Waals surface area contributed by atoms with Crippen molar-refractivity contribution in [2.24, 2.45) is 0 Å². The van der Waals surface area contributed by atoms with Crippen LogP contribution in [0.3, 0.4) is 0 Å². The summed E-state index contributed by atoms with van der Waals surface area (Å²) >= 11 is 0. The molecule has 0 aromatic heterocycles. The second kappa shape index (κ2) is 4.18. The van der Waals surface area contributed by atoms with E-state index in [9.17, 15) is 4.79 Å². The van der Waals surface area contributed by atoms with Crippen molar-refractivity contribution < 1.29 is 9.53 Å². The average molecular weight is 239 g/mol. The molecule has 0 radical (unpaired) electrons. The van der Waals surface area contributed by atoms with Gasteiger partial charge in [0.2, 0.25) is 0 Å². The smallest absolute Gasteiger partial charge is 0.193 e. The Bertz CT molecular complexity index is 602. The third-order valence-corrected chi connectivity index (χ3v) is 3.12. The molecule has 3 rings (SSSR count). The summed E-state index contributed by atoms with van der Waals surface area (Å²) in [5.74, 6) is 0.911. The predicted molar refractivity (Wildman–Crippen MR) is 69.9 cm³/mol. The lowest BCUT2D eigenvalue weighted by Crippen LogP contribution is -2.01. The Hall–Kier alpha value is -2.29. The van der Waals surface area contributed by atoms with Gasteiger partial charge >= 0.3 is 0 Å². The van der Waals surface area contributed by atoms with Crippen LogP contribution in [0.15, 0.2) is 42.5 Å². The maximum atomic E-state index is 12.3. The Morgan fingerprint density at radius 2 is 1.78 bits per heavy atom. The van der Waals surface area contributed by atoms with E-state index in [1.54, 1.807) is 24.3 Å². The summed E-state index contributed by atoms with van der Waals surface area (Å²) in [5.41, 5.74) is 8.73. The summed E-state index contributed by atoms with van der Waals surface area (Å²) in [7, 11) is 0. The molecule has 90 valence electrons. The molecule has 2 N–H and O–H groups in total. The lowest BCUT2D eigenvalue weighted by Gasteiger charge is -2.04. The molecule has 0 unspecified atom stereocenters. The standard InChI is InChI=1S/C15H13NO2/c16-13-4-1-10(2-5-13)15(17)12-3-6-14-11(9-12)7-8-18-14/h1-6,9H,7-8,16H2. The molecular weight excluding hydrogens is 226 g/mol. The first-order chi connectivity index (χ1) is 8.74. The summed E-state index contributed by atoms with van der Waals surface area (Å²) in [4.78, 5) is 12.3. The summed E-state index contributed by atoms with van der Waals surface area (Å²) in [6.07, 6.45) is 0.873. The largest absolute Gasteiger partial charge is 0.493 e. The Kier molecular flexibility index (Phi) is 2.52. The van der Waals surface area contributed by atoms with Gasteiger partial charge in [-0.2, -0.15) is 0 Å². The van der Waals surface area contributed by atoms with E-state index in [0.29, 0.717) is 23.4 Å². The molecule has 18 heavy (non-hydrogen) atoms. The maximum absolute atomic E-state index is 12.3. The van der Waals surface area contributed by atoms with E-state index in [0.717, 1.165) is 17.7 Å². The summed E-state index contributed by atoms with van der Waals surface area (Å²) in [5, 5.41) is 0. The van der Waals surface area contributed by atoms with Crippen LogP contribution in [0.1, 0.15) is 21.5 Å². The summed E-state index contributed by atoms with van der Waals surface area (Å²) in [6.45, 7) is 0.703. The van der Waals surface area contributed by atoms with E-state index >= 15 is 0 Å². The Balaban J connectivity index is 1.95. The van der Waals surface area contributed by atoms with Crippen molar-refractivity contribution in [3.8, 4) is 5.75 Å². The Labute approximate surface area is 105 Å². The quantitative estimate of drug-likeness (QED) is 0.647. The van der Waals surface area contributed by atoms with Crippen LogP contribution in [-0.4, -0.2) is 12.4 Å². The van der Waals surface area contributed by atoms with E-state index in [4.69, 9.17) is 10.5 Å². The van der Waals surface area contributed by atoms with Crippen molar-refractivity contribution in [3.63, 3.8) is 0 Å². The number of ketones is 1. The predicted octanol–water partition coefficient (Wildman–Crippen LogP) is 2.43. The molecule has 0 aliphatic carbocycles. The monoisotopic (exact) mass is 239 g/mol.